The topological polar surface area (TPSA) is 73.8 Å². The van der Waals surface area contributed by atoms with Gasteiger partial charge >= 0.3 is 0 Å². The average Bonchev–Trinajstić information content (AvgIpc) is 2.94. The summed E-state index contributed by atoms with van der Waals surface area (Å²) < 4.78 is 1.80. The highest BCUT2D eigenvalue weighted by atomic mass is 16.1. The van der Waals surface area contributed by atoms with E-state index in [1.54, 1.807) is 17.0 Å². The maximum atomic E-state index is 11.6. The third-order valence-corrected chi connectivity index (χ3v) is 3.35. The number of nitrogens with zero attached hydrogens (tertiary/aromatic N) is 3. The molecule has 3 rings (SSSR count). The number of pyridine rings is 1. The number of nitrogens with two attached hydrogens (primary N) is 1. The van der Waals surface area contributed by atoms with Crippen molar-refractivity contribution in [2.45, 2.75) is 26.2 Å². The third kappa shape index (κ3) is 1.59. The second kappa shape index (κ2) is 3.94. The lowest BCUT2D eigenvalue weighted by molar-refractivity contribution is 0.1000. The maximum absolute atomic E-state index is 11.6. The first-order valence-electron chi connectivity index (χ1n) is 6.00. The van der Waals surface area contributed by atoms with E-state index in [0.717, 1.165) is 36.3 Å². The van der Waals surface area contributed by atoms with E-state index >= 15 is 0 Å². The monoisotopic (exact) mass is 242 g/mol. The van der Waals surface area contributed by atoms with Crippen molar-refractivity contribution < 1.29 is 4.79 Å². The van der Waals surface area contributed by atoms with Crippen LogP contribution >= 0.6 is 0 Å². The van der Waals surface area contributed by atoms with Crippen LogP contribution in [0.25, 0.3) is 5.82 Å². The van der Waals surface area contributed by atoms with Gasteiger partial charge < -0.3 is 5.73 Å². The minimum Gasteiger partial charge on any atom is -0.365 e. The van der Waals surface area contributed by atoms with Gasteiger partial charge in [0.2, 0.25) is 0 Å². The summed E-state index contributed by atoms with van der Waals surface area (Å²) in [5.41, 5.74) is 8.14. The molecule has 5 nitrogen and oxygen atoms in total. The summed E-state index contributed by atoms with van der Waals surface area (Å²) in [5, 5.41) is 0. The van der Waals surface area contributed by atoms with Gasteiger partial charge in [-0.3, -0.25) is 9.36 Å². The quantitative estimate of drug-likeness (QED) is 0.858. The molecule has 18 heavy (non-hydrogen) atoms. The van der Waals surface area contributed by atoms with Gasteiger partial charge in [0.05, 0.1) is 5.56 Å². The van der Waals surface area contributed by atoms with Crippen LogP contribution in [0.2, 0.25) is 0 Å². The Balaban J connectivity index is 2.24. The van der Waals surface area contributed by atoms with E-state index in [2.05, 4.69) is 9.97 Å². The molecule has 2 aromatic heterocycles. The second-order valence-electron chi connectivity index (χ2n) is 4.53. The Hall–Kier alpha value is -2.17. The van der Waals surface area contributed by atoms with Crippen LogP contribution in [0.15, 0.2) is 18.5 Å². The van der Waals surface area contributed by atoms with E-state index in [1.165, 1.54) is 0 Å². The summed E-state index contributed by atoms with van der Waals surface area (Å²) in [6.07, 6.45) is 6.52. The number of aryl methyl sites for hydroxylation is 3. The van der Waals surface area contributed by atoms with Crippen molar-refractivity contribution in [1.82, 2.24) is 14.5 Å². The Bertz CT molecular complexity index is 630. The zero-order valence-corrected chi connectivity index (χ0v) is 10.2. The Kier molecular flexibility index (Phi) is 2.40. The Morgan fingerprint density at radius 1 is 1.44 bits per heavy atom. The standard InChI is InChI=1S/C13H14N4O/c1-8-15-5-6-17(8)13-10(12(14)18)7-9-3-2-4-11(9)16-13/h5-7H,2-4H2,1H3,(H2,14,18). The molecule has 0 unspecified atom stereocenters. The molecule has 1 amide bonds. The van der Waals surface area contributed by atoms with E-state index < -0.39 is 5.91 Å². The molecule has 0 saturated heterocycles. The van der Waals surface area contributed by atoms with Gasteiger partial charge in [-0.1, -0.05) is 0 Å². The van der Waals surface area contributed by atoms with Gasteiger partial charge in [-0.15, -0.1) is 0 Å². The summed E-state index contributed by atoms with van der Waals surface area (Å²) in [6, 6.07) is 1.88. The van der Waals surface area contributed by atoms with E-state index in [9.17, 15) is 4.79 Å². The van der Waals surface area contributed by atoms with Gasteiger partial charge in [0.25, 0.3) is 5.91 Å². The molecule has 0 aliphatic heterocycles. The molecule has 5 heteroatoms. The Labute approximate surface area is 105 Å². The van der Waals surface area contributed by atoms with Crippen LogP contribution in [0.5, 0.6) is 0 Å². The van der Waals surface area contributed by atoms with Gasteiger partial charge in [0.15, 0.2) is 5.82 Å². The van der Waals surface area contributed by atoms with Crippen molar-refractivity contribution in [1.29, 1.82) is 0 Å². The number of primary amides is 1. The summed E-state index contributed by atoms with van der Waals surface area (Å²) in [7, 11) is 0. The molecular weight excluding hydrogens is 228 g/mol. The number of rotatable bonds is 2. The Morgan fingerprint density at radius 2 is 2.28 bits per heavy atom. The predicted molar refractivity (Wildman–Crippen MR) is 66.6 cm³/mol. The smallest absolute Gasteiger partial charge is 0.252 e. The van der Waals surface area contributed by atoms with Crippen molar-refractivity contribution in [3.8, 4) is 5.82 Å². The van der Waals surface area contributed by atoms with E-state index in [0.29, 0.717) is 11.4 Å². The predicted octanol–water partition coefficient (Wildman–Crippen LogP) is 1.16. The summed E-state index contributed by atoms with van der Waals surface area (Å²) >= 11 is 0. The fourth-order valence-corrected chi connectivity index (χ4v) is 2.43. The number of carbonyl (C=O) groups excluding carboxylic acids is 1. The minimum absolute atomic E-state index is 0.444. The first kappa shape index (κ1) is 11.0. The van der Waals surface area contributed by atoms with Crippen LogP contribution in [-0.2, 0) is 12.8 Å². The summed E-state index contributed by atoms with van der Waals surface area (Å²) in [5.74, 6) is 0.946. The summed E-state index contributed by atoms with van der Waals surface area (Å²) in [6.45, 7) is 1.87. The molecule has 0 spiro atoms. The molecule has 1 aliphatic carbocycles. The molecule has 0 atom stereocenters. The minimum atomic E-state index is -0.444. The highest BCUT2D eigenvalue weighted by molar-refractivity contribution is 5.96. The van der Waals surface area contributed by atoms with E-state index in [1.807, 2.05) is 13.0 Å². The lowest BCUT2D eigenvalue weighted by Gasteiger charge is -2.11. The van der Waals surface area contributed by atoms with Crippen molar-refractivity contribution in [3.05, 3.63) is 41.1 Å². The fourth-order valence-electron chi connectivity index (χ4n) is 2.43. The van der Waals surface area contributed by atoms with Crippen molar-refractivity contribution >= 4 is 5.91 Å². The zero-order chi connectivity index (χ0) is 12.7. The first-order valence-corrected chi connectivity index (χ1v) is 6.00. The number of imidazole rings is 1. The fraction of sp³-hybridized carbons (Fsp3) is 0.308. The van der Waals surface area contributed by atoms with Gasteiger partial charge in [0, 0.05) is 18.1 Å². The van der Waals surface area contributed by atoms with Crippen molar-refractivity contribution in [2.24, 2.45) is 5.73 Å². The van der Waals surface area contributed by atoms with E-state index in [-0.39, 0.29) is 0 Å². The molecule has 0 bridgehead atoms. The third-order valence-electron chi connectivity index (χ3n) is 3.35. The molecule has 1 aliphatic rings. The Morgan fingerprint density at radius 3 is 2.94 bits per heavy atom. The maximum Gasteiger partial charge on any atom is 0.252 e. The molecular formula is C13H14N4O. The number of aromatic nitrogens is 3. The molecule has 0 fully saturated rings. The highest BCUT2D eigenvalue weighted by Crippen LogP contribution is 2.25. The van der Waals surface area contributed by atoms with Crippen molar-refractivity contribution in [3.63, 3.8) is 0 Å². The largest absolute Gasteiger partial charge is 0.365 e. The first-order chi connectivity index (χ1) is 8.66. The van der Waals surface area contributed by atoms with Crippen molar-refractivity contribution in [2.75, 3.05) is 0 Å². The molecule has 2 heterocycles. The van der Waals surface area contributed by atoms with Crippen LogP contribution in [0.1, 0.15) is 33.9 Å². The number of hydrogen-bond donors (Lipinski definition) is 1. The molecule has 0 radical (unpaired) electrons. The van der Waals surface area contributed by atoms with Crippen LogP contribution in [0, 0.1) is 6.92 Å². The number of carbonyl (C=O) groups is 1. The number of amides is 1. The summed E-state index contributed by atoms with van der Waals surface area (Å²) in [4.78, 5) is 20.3. The number of fused-ring (bicyclic) bond motifs is 1. The molecule has 0 aromatic carbocycles. The lowest BCUT2D eigenvalue weighted by Crippen LogP contribution is -2.17. The molecule has 92 valence electrons. The molecule has 2 aromatic rings. The van der Waals surface area contributed by atoms with Gasteiger partial charge in [-0.25, -0.2) is 9.97 Å². The molecule has 0 saturated carbocycles. The van der Waals surface area contributed by atoms with Gasteiger partial charge in [-0.2, -0.15) is 0 Å². The van der Waals surface area contributed by atoms with Crippen LogP contribution in [0.4, 0.5) is 0 Å². The lowest BCUT2D eigenvalue weighted by atomic mass is 10.1. The van der Waals surface area contributed by atoms with Crippen LogP contribution in [-0.4, -0.2) is 20.4 Å². The highest BCUT2D eigenvalue weighted by Gasteiger charge is 2.20. The van der Waals surface area contributed by atoms with E-state index in [4.69, 9.17) is 5.73 Å². The average molecular weight is 242 g/mol. The number of hydrogen-bond acceptors (Lipinski definition) is 3. The SMILES string of the molecule is Cc1nccn1-c1nc2c(cc1C(N)=O)CCC2. The second-order valence-corrected chi connectivity index (χ2v) is 4.53. The van der Waals surface area contributed by atoms with Gasteiger partial charge in [-0.05, 0) is 37.8 Å². The van der Waals surface area contributed by atoms with Gasteiger partial charge in [0.1, 0.15) is 5.82 Å². The van der Waals surface area contributed by atoms with Crippen LogP contribution in [0.3, 0.4) is 0 Å². The normalized spacial score (nSPS) is 13.6. The zero-order valence-electron chi connectivity index (χ0n) is 10.2. The molecule has 2 N–H and O–H groups in total. The van der Waals surface area contributed by atoms with Crippen LogP contribution < -0.4 is 5.73 Å².